The Morgan fingerprint density at radius 3 is 2.36 bits per heavy atom. The third-order valence-corrected chi connectivity index (χ3v) is 6.01. The molecule has 1 aliphatic heterocycles. The summed E-state index contributed by atoms with van der Waals surface area (Å²) in [5.74, 6) is 0.994. The van der Waals surface area contributed by atoms with E-state index in [-0.39, 0.29) is 29.3 Å². The zero-order chi connectivity index (χ0) is 25.8. The molecule has 0 aliphatic carbocycles. The molecule has 0 amide bonds. The Labute approximate surface area is 209 Å². The predicted octanol–water partition coefficient (Wildman–Crippen LogP) is 6.00. The Balaban J connectivity index is 1.53. The van der Waals surface area contributed by atoms with Crippen LogP contribution in [0.3, 0.4) is 0 Å². The van der Waals surface area contributed by atoms with Crippen LogP contribution in [0.5, 0.6) is 34.5 Å². The van der Waals surface area contributed by atoms with Gasteiger partial charge in [-0.3, -0.25) is 0 Å². The van der Waals surface area contributed by atoms with Crippen molar-refractivity contribution in [2.75, 3.05) is 14.2 Å². The van der Waals surface area contributed by atoms with Crippen LogP contribution in [0, 0.1) is 0 Å². The third kappa shape index (κ3) is 5.00. The number of allylic oxidation sites excluding steroid dienone is 1. The maximum absolute atomic E-state index is 12.4. The molecule has 2 atom stereocenters. The number of carbonyl (C=O) groups is 1. The van der Waals surface area contributed by atoms with E-state index in [0.29, 0.717) is 17.1 Å². The quantitative estimate of drug-likeness (QED) is 0.182. The average molecular weight is 489 g/mol. The number of carbonyl (C=O) groups excluding carboxylic acids is 1. The summed E-state index contributed by atoms with van der Waals surface area (Å²) >= 11 is 0. The van der Waals surface area contributed by atoms with Gasteiger partial charge in [-0.2, -0.15) is 0 Å². The Kier molecular flexibility index (Phi) is 7.20. The monoisotopic (exact) mass is 488 g/mol. The number of benzene rings is 3. The van der Waals surface area contributed by atoms with Crippen LogP contribution in [-0.2, 0) is 4.79 Å². The number of hydrogen-bond acceptors (Lipinski definition) is 7. The molecule has 3 aromatic rings. The molecule has 1 aliphatic rings. The second kappa shape index (κ2) is 10.5. The van der Waals surface area contributed by atoms with Gasteiger partial charge >= 0.3 is 5.97 Å². The minimum atomic E-state index is -0.618. The Morgan fingerprint density at radius 2 is 1.67 bits per heavy atom. The molecule has 3 aromatic carbocycles. The highest BCUT2D eigenvalue weighted by molar-refractivity contribution is 5.89. The minimum Gasteiger partial charge on any atom is -0.504 e. The van der Waals surface area contributed by atoms with E-state index in [0.717, 1.165) is 22.4 Å². The van der Waals surface area contributed by atoms with Crippen LogP contribution in [-0.4, -0.2) is 30.4 Å². The van der Waals surface area contributed by atoms with Gasteiger partial charge in [0.1, 0.15) is 6.10 Å². The summed E-state index contributed by atoms with van der Waals surface area (Å²) in [5, 5.41) is 19.0. The molecule has 4 rings (SSSR count). The molecule has 0 saturated heterocycles. The van der Waals surface area contributed by atoms with Gasteiger partial charge in [-0.1, -0.05) is 31.2 Å². The molecule has 0 fully saturated rings. The van der Waals surface area contributed by atoms with Crippen molar-refractivity contribution in [2.45, 2.75) is 25.9 Å². The van der Waals surface area contributed by atoms with Crippen LogP contribution in [0.4, 0.5) is 0 Å². The van der Waals surface area contributed by atoms with Crippen molar-refractivity contribution in [1.82, 2.24) is 0 Å². The normalized spacial score (nSPS) is 16.7. The van der Waals surface area contributed by atoms with Crippen LogP contribution in [0.15, 0.2) is 60.7 Å². The lowest BCUT2D eigenvalue weighted by Gasteiger charge is -2.18. The van der Waals surface area contributed by atoms with Gasteiger partial charge in [-0.15, -0.1) is 0 Å². The Morgan fingerprint density at radius 1 is 0.889 bits per heavy atom. The number of hydrogen-bond donors (Lipinski definition) is 2. The molecule has 186 valence electrons. The third-order valence-electron chi connectivity index (χ3n) is 6.01. The van der Waals surface area contributed by atoms with E-state index in [2.05, 4.69) is 13.0 Å². The van der Waals surface area contributed by atoms with Crippen molar-refractivity contribution in [1.29, 1.82) is 0 Å². The van der Waals surface area contributed by atoms with E-state index in [1.54, 1.807) is 25.3 Å². The molecule has 0 saturated carbocycles. The van der Waals surface area contributed by atoms with E-state index in [1.165, 1.54) is 31.4 Å². The number of phenolic OH excluding ortho intramolecular Hbond substituents is 2. The molecule has 1 heterocycles. The first-order valence-electron chi connectivity index (χ1n) is 11.5. The molecule has 0 unspecified atom stereocenters. The fourth-order valence-electron chi connectivity index (χ4n) is 4.20. The average Bonchev–Trinajstić information content (AvgIpc) is 3.21. The topological polar surface area (TPSA) is 94.5 Å². The lowest BCUT2D eigenvalue weighted by atomic mass is 9.91. The Bertz CT molecular complexity index is 1340. The van der Waals surface area contributed by atoms with E-state index >= 15 is 0 Å². The molecule has 7 nitrogen and oxygen atoms in total. The maximum Gasteiger partial charge on any atom is 0.336 e. The summed E-state index contributed by atoms with van der Waals surface area (Å²) in [5.41, 5.74) is 3.51. The van der Waals surface area contributed by atoms with Crippen LogP contribution in [0.2, 0.25) is 0 Å². The van der Waals surface area contributed by atoms with Gasteiger partial charge < -0.3 is 29.2 Å². The van der Waals surface area contributed by atoms with Crippen molar-refractivity contribution in [3.63, 3.8) is 0 Å². The van der Waals surface area contributed by atoms with E-state index in [4.69, 9.17) is 18.9 Å². The lowest BCUT2D eigenvalue weighted by molar-refractivity contribution is -0.129. The van der Waals surface area contributed by atoms with Gasteiger partial charge in [0.15, 0.2) is 34.5 Å². The van der Waals surface area contributed by atoms with E-state index in [1.807, 2.05) is 31.2 Å². The summed E-state index contributed by atoms with van der Waals surface area (Å²) in [6.07, 6.45) is 6.44. The zero-order valence-corrected chi connectivity index (χ0v) is 20.5. The number of fused-ring (bicyclic) bond motifs is 1. The van der Waals surface area contributed by atoms with Crippen molar-refractivity contribution in [2.24, 2.45) is 0 Å². The van der Waals surface area contributed by atoms with Gasteiger partial charge in [-0.25, -0.2) is 4.79 Å². The summed E-state index contributed by atoms with van der Waals surface area (Å²) in [6.45, 7) is 4.07. The van der Waals surface area contributed by atoms with Gasteiger partial charge in [-0.05, 0) is 66.1 Å². The van der Waals surface area contributed by atoms with Crippen LogP contribution < -0.4 is 18.9 Å². The van der Waals surface area contributed by atoms with Gasteiger partial charge in [0.05, 0.1) is 14.2 Å². The number of esters is 1. The first-order valence-corrected chi connectivity index (χ1v) is 11.5. The van der Waals surface area contributed by atoms with Gasteiger partial charge in [0, 0.05) is 17.6 Å². The fourth-order valence-corrected chi connectivity index (χ4v) is 4.20. The van der Waals surface area contributed by atoms with Crippen molar-refractivity contribution >= 4 is 18.1 Å². The molecular weight excluding hydrogens is 460 g/mol. The number of rotatable bonds is 7. The van der Waals surface area contributed by atoms with Gasteiger partial charge in [0.2, 0.25) is 0 Å². The SMILES string of the molecule is C/C=C/c1cc(OC)c2c(c1)[C@@H](C)[C@H](c1ccc(OC(=O)/C=C/c3ccc(O)c(O)c3)c(OC)c1)O2. The first kappa shape index (κ1) is 24.7. The Hall–Kier alpha value is -4.39. The van der Waals surface area contributed by atoms with Crippen molar-refractivity contribution < 1.29 is 34.0 Å². The number of methoxy groups -OCH3 is 2. The van der Waals surface area contributed by atoms with Crippen molar-refractivity contribution in [3.05, 3.63) is 82.9 Å². The van der Waals surface area contributed by atoms with Gasteiger partial charge in [0.25, 0.3) is 0 Å². The molecule has 0 aromatic heterocycles. The highest BCUT2D eigenvalue weighted by Gasteiger charge is 2.35. The van der Waals surface area contributed by atoms with Crippen LogP contribution >= 0.6 is 0 Å². The van der Waals surface area contributed by atoms with E-state index in [9.17, 15) is 15.0 Å². The van der Waals surface area contributed by atoms with Crippen molar-refractivity contribution in [3.8, 4) is 34.5 Å². The molecule has 0 radical (unpaired) electrons. The van der Waals surface area contributed by atoms with E-state index < -0.39 is 5.97 Å². The second-order valence-corrected chi connectivity index (χ2v) is 8.38. The fraction of sp³-hybridized carbons (Fsp3) is 0.207. The highest BCUT2D eigenvalue weighted by atomic mass is 16.6. The standard InChI is InChI=1S/C29H28O7/c1-5-6-19-13-21-17(2)28(36-29(21)26(15-19)34-4)20-9-11-24(25(16-20)33-3)35-27(32)12-8-18-7-10-22(30)23(31)14-18/h5-17,28,30-31H,1-4H3/b6-5+,12-8+/t17-,28-/m1/s1. The summed E-state index contributed by atoms with van der Waals surface area (Å²) < 4.78 is 22.9. The van der Waals surface area contributed by atoms with Crippen LogP contribution in [0.25, 0.3) is 12.2 Å². The first-order chi connectivity index (χ1) is 17.3. The zero-order valence-electron chi connectivity index (χ0n) is 20.5. The molecule has 0 bridgehead atoms. The predicted molar refractivity (Wildman–Crippen MR) is 137 cm³/mol. The molecular formula is C29H28O7. The minimum absolute atomic E-state index is 0.0573. The summed E-state index contributed by atoms with van der Waals surface area (Å²) in [4.78, 5) is 12.4. The highest BCUT2D eigenvalue weighted by Crippen LogP contribution is 2.51. The smallest absolute Gasteiger partial charge is 0.336 e. The second-order valence-electron chi connectivity index (χ2n) is 8.38. The molecule has 2 N–H and O–H groups in total. The molecule has 36 heavy (non-hydrogen) atoms. The number of ether oxygens (including phenoxy) is 4. The lowest BCUT2D eigenvalue weighted by Crippen LogP contribution is -2.09. The molecule has 0 spiro atoms. The number of aromatic hydroxyl groups is 2. The van der Waals surface area contributed by atoms with Crippen LogP contribution in [0.1, 0.15) is 48.1 Å². The summed E-state index contributed by atoms with van der Waals surface area (Å²) in [6, 6.07) is 13.6. The molecule has 7 heteroatoms. The largest absolute Gasteiger partial charge is 0.504 e. The summed E-state index contributed by atoms with van der Waals surface area (Å²) in [7, 11) is 3.13. The number of phenols is 2. The maximum atomic E-state index is 12.4.